The molecule has 1 fully saturated rings. The van der Waals surface area contributed by atoms with Crippen molar-refractivity contribution < 1.29 is 4.74 Å². The maximum Gasteiger partial charge on any atom is 0.349 e. The SMILES string of the molecule is CCC[C@@H](c1ccc(OCC)cc1)N1CC(C(C)C)N(c2nc(=O)n(C)c3ccc(C#N)nc23)C[C@H]1CC. The number of anilines is 1. The molecule has 0 saturated carbocycles. The fourth-order valence-corrected chi connectivity index (χ4v) is 5.71. The van der Waals surface area contributed by atoms with Crippen LogP contribution in [0.1, 0.15) is 71.2 Å². The highest BCUT2D eigenvalue weighted by molar-refractivity contribution is 5.86. The van der Waals surface area contributed by atoms with Crippen LogP contribution in [0.3, 0.4) is 0 Å². The van der Waals surface area contributed by atoms with Crippen LogP contribution in [-0.4, -0.2) is 51.2 Å². The monoisotopic (exact) mass is 516 g/mol. The minimum atomic E-state index is -0.310. The Bertz CT molecular complexity index is 1340. The molecule has 0 N–H and O–H groups in total. The number of hydrogen-bond acceptors (Lipinski definition) is 7. The predicted molar refractivity (Wildman–Crippen MR) is 152 cm³/mol. The molecule has 0 aliphatic carbocycles. The number of fused-ring (bicyclic) bond motifs is 1. The van der Waals surface area contributed by atoms with E-state index >= 15 is 0 Å². The first-order valence-electron chi connectivity index (χ1n) is 13.9. The van der Waals surface area contributed by atoms with Crippen molar-refractivity contribution in [3.05, 3.63) is 58.1 Å². The van der Waals surface area contributed by atoms with Gasteiger partial charge in [-0.1, -0.05) is 46.2 Å². The molecule has 1 unspecified atom stereocenters. The first-order valence-corrected chi connectivity index (χ1v) is 13.9. The molecule has 3 aromatic rings. The van der Waals surface area contributed by atoms with Crippen LogP contribution in [-0.2, 0) is 7.05 Å². The van der Waals surface area contributed by atoms with Crippen LogP contribution in [0.15, 0.2) is 41.2 Å². The third-order valence-electron chi connectivity index (χ3n) is 7.78. The highest BCUT2D eigenvalue weighted by Gasteiger charge is 2.39. The molecule has 0 spiro atoms. The zero-order valence-corrected chi connectivity index (χ0v) is 23.5. The Morgan fingerprint density at radius 1 is 1.08 bits per heavy atom. The molecule has 1 aromatic carbocycles. The number of pyridine rings is 1. The van der Waals surface area contributed by atoms with E-state index in [0.717, 1.165) is 38.1 Å². The predicted octanol–water partition coefficient (Wildman–Crippen LogP) is 5.07. The van der Waals surface area contributed by atoms with Gasteiger partial charge in [-0.2, -0.15) is 10.2 Å². The Balaban J connectivity index is 1.77. The molecule has 2 aromatic heterocycles. The molecule has 1 aliphatic rings. The van der Waals surface area contributed by atoms with E-state index in [9.17, 15) is 10.1 Å². The van der Waals surface area contributed by atoms with Gasteiger partial charge in [0.15, 0.2) is 5.82 Å². The van der Waals surface area contributed by atoms with Gasteiger partial charge in [-0.05, 0) is 55.5 Å². The minimum Gasteiger partial charge on any atom is -0.494 e. The summed E-state index contributed by atoms with van der Waals surface area (Å²) in [4.78, 5) is 27.0. The molecule has 0 bridgehead atoms. The summed E-state index contributed by atoms with van der Waals surface area (Å²) in [5.74, 6) is 1.80. The number of ether oxygens (including phenoxy) is 1. The van der Waals surface area contributed by atoms with Gasteiger partial charge in [-0.15, -0.1) is 0 Å². The largest absolute Gasteiger partial charge is 0.494 e. The molecule has 1 aliphatic heterocycles. The number of piperazine rings is 1. The van der Waals surface area contributed by atoms with E-state index in [0.29, 0.717) is 41.1 Å². The zero-order chi connectivity index (χ0) is 27.4. The summed E-state index contributed by atoms with van der Waals surface area (Å²) in [5.41, 5.74) is 2.62. The van der Waals surface area contributed by atoms with Gasteiger partial charge in [0.05, 0.1) is 12.1 Å². The van der Waals surface area contributed by atoms with Crippen molar-refractivity contribution in [2.45, 2.75) is 72.0 Å². The van der Waals surface area contributed by atoms with E-state index in [4.69, 9.17) is 4.74 Å². The highest BCUT2D eigenvalue weighted by Crippen LogP contribution is 2.37. The Labute approximate surface area is 225 Å². The molecule has 3 heterocycles. The first kappa shape index (κ1) is 27.6. The van der Waals surface area contributed by atoms with Crippen LogP contribution in [0.25, 0.3) is 11.0 Å². The van der Waals surface area contributed by atoms with Crippen LogP contribution >= 0.6 is 0 Å². The number of aromatic nitrogens is 3. The molecule has 202 valence electrons. The lowest BCUT2D eigenvalue weighted by atomic mass is 9.91. The van der Waals surface area contributed by atoms with E-state index in [2.05, 4.69) is 77.8 Å². The second-order valence-corrected chi connectivity index (χ2v) is 10.5. The summed E-state index contributed by atoms with van der Waals surface area (Å²) in [5, 5.41) is 9.51. The van der Waals surface area contributed by atoms with Crippen molar-refractivity contribution in [1.29, 1.82) is 5.26 Å². The Morgan fingerprint density at radius 3 is 2.42 bits per heavy atom. The third kappa shape index (κ3) is 5.39. The van der Waals surface area contributed by atoms with Gasteiger partial charge in [-0.3, -0.25) is 9.47 Å². The molecule has 8 nitrogen and oxygen atoms in total. The summed E-state index contributed by atoms with van der Waals surface area (Å²) in [6.07, 6.45) is 3.12. The number of rotatable bonds is 9. The summed E-state index contributed by atoms with van der Waals surface area (Å²) in [7, 11) is 1.70. The fourth-order valence-electron chi connectivity index (χ4n) is 5.71. The molecular formula is C30H40N6O2. The molecule has 1 saturated heterocycles. The fraction of sp³-hybridized carbons (Fsp3) is 0.533. The van der Waals surface area contributed by atoms with Gasteiger partial charge in [0.25, 0.3) is 0 Å². The average molecular weight is 517 g/mol. The molecule has 0 amide bonds. The van der Waals surface area contributed by atoms with E-state index < -0.39 is 0 Å². The van der Waals surface area contributed by atoms with Crippen molar-refractivity contribution in [2.75, 3.05) is 24.6 Å². The van der Waals surface area contributed by atoms with E-state index in [-0.39, 0.29) is 17.8 Å². The quantitative estimate of drug-likeness (QED) is 0.393. The third-order valence-corrected chi connectivity index (χ3v) is 7.78. The van der Waals surface area contributed by atoms with Crippen LogP contribution in [0.5, 0.6) is 5.75 Å². The smallest absolute Gasteiger partial charge is 0.349 e. The van der Waals surface area contributed by atoms with Crippen LogP contribution < -0.4 is 15.3 Å². The Morgan fingerprint density at radius 2 is 1.82 bits per heavy atom. The second kappa shape index (κ2) is 12.0. The number of aryl methyl sites for hydroxylation is 1. The number of benzene rings is 1. The first-order chi connectivity index (χ1) is 18.3. The lowest BCUT2D eigenvalue weighted by Gasteiger charge is -2.51. The average Bonchev–Trinajstić information content (AvgIpc) is 2.93. The zero-order valence-electron chi connectivity index (χ0n) is 23.5. The van der Waals surface area contributed by atoms with Crippen molar-refractivity contribution in [2.24, 2.45) is 13.0 Å². The second-order valence-electron chi connectivity index (χ2n) is 10.5. The topological polar surface area (TPSA) is 87.3 Å². The van der Waals surface area contributed by atoms with Crippen molar-refractivity contribution in [3.8, 4) is 11.8 Å². The number of nitrogens with zero attached hydrogens (tertiary/aromatic N) is 6. The maximum absolute atomic E-state index is 12.9. The number of hydrogen-bond donors (Lipinski definition) is 0. The standard InChI is InChI=1S/C30H40N6O2/c1-7-10-25(21-11-14-24(15-12-21)38-9-3)35-19-27(20(4)5)36(18-23(35)8-2)29-28-26(34(6)30(37)33-29)16-13-22(17-31)32-28/h11-16,20,23,25,27H,7-10,18-19H2,1-6H3/t23-,25+,27?/m1/s1. The van der Waals surface area contributed by atoms with E-state index in [1.807, 2.05) is 6.92 Å². The van der Waals surface area contributed by atoms with Gasteiger partial charge in [0.1, 0.15) is 23.0 Å². The molecule has 38 heavy (non-hydrogen) atoms. The van der Waals surface area contributed by atoms with Crippen molar-refractivity contribution >= 4 is 16.9 Å². The van der Waals surface area contributed by atoms with E-state index in [1.165, 1.54) is 10.1 Å². The molecule has 4 rings (SSSR count). The van der Waals surface area contributed by atoms with E-state index in [1.54, 1.807) is 19.2 Å². The van der Waals surface area contributed by atoms with Crippen molar-refractivity contribution in [1.82, 2.24) is 19.4 Å². The summed E-state index contributed by atoms with van der Waals surface area (Å²) in [6.45, 7) is 13.2. The highest BCUT2D eigenvalue weighted by atomic mass is 16.5. The summed E-state index contributed by atoms with van der Waals surface area (Å²) in [6, 6.07) is 14.9. The van der Waals surface area contributed by atoms with Gasteiger partial charge in [-0.25, -0.2) is 9.78 Å². The molecule has 3 atom stereocenters. The lowest BCUT2D eigenvalue weighted by molar-refractivity contribution is 0.0775. The Kier molecular flexibility index (Phi) is 8.68. The number of nitriles is 1. The molecule has 0 radical (unpaired) electrons. The van der Waals surface area contributed by atoms with Gasteiger partial charge in [0.2, 0.25) is 0 Å². The van der Waals surface area contributed by atoms with Crippen LogP contribution in [0, 0.1) is 17.2 Å². The normalized spacial score (nSPS) is 19.1. The van der Waals surface area contributed by atoms with Crippen LogP contribution in [0.4, 0.5) is 5.82 Å². The summed E-state index contributed by atoms with van der Waals surface area (Å²) >= 11 is 0. The lowest BCUT2D eigenvalue weighted by Crippen LogP contribution is -2.61. The van der Waals surface area contributed by atoms with Gasteiger partial charge < -0.3 is 9.64 Å². The Hall–Kier alpha value is -3.44. The van der Waals surface area contributed by atoms with Crippen LogP contribution in [0.2, 0.25) is 0 Å². The maximum atomic E-state index is 12.9. The van der Waals surface area contributed by atoms with Gasteiger partial charge in [0, 0.05) is 38.3 Å². The van der Waals surface area contributed by atoms with Gasteiger partial charge >= 0.3 is 5.69 Å². The summed E-state index contributed by atoms with van der Waals surface area (Å²) < 4.78 is 7.20. The molecule has 8 heteroatoms. The molecular weight excluding hydrogens is 476 g/mol. The van der Waals surface area contributed by atoms with Crippen molar-refractivity contribution in [3.63, 3.8) is 0 Å². The minimum absolute atomic E-state index is 0.134.